The lowest BCUT2D eigenvalue weighted by Gasteiger charge is -2.21. The first kappa shape index (κ1) is 26.5. The topological polar surface area (TPSA) is 96.1 Å². The van der Waals surface area contributed by atoms with Gasteiger partial charge in [0.05, 0.1) is 18.4 Å². The van der Waals surface area contributed by atoms with Crippen LogP contribution in [0.3, 0.4) is 0 Å². The quantitative estimate of drug-likeness (QED) is 0.356. The first-order chi connectivity index (χ1) is 17.7. The molecule has 1 aliphatic carbocycles. The van der Waals surface area contributed by atoms with E-state index in [1.807, 2.05) is 43.3 Å². The van der Waals surface area contributed by atoms with Gasteiger partial charge in [0.2, 0.25) is 0 Å². The van der Waals surface area contributed by atoms with E-state index < -0.39 is 0 Å². The van der Waals surface area contributed by atoms with Crippen molar-refractivity contribution in [3.05, 3.63) is 64.8 Å². The summed E-state index contributed by atoms with van der Waals surface area (Å²) < 4.78 is 5.45. The van der Waals surface area contributed by atoms with Crippen molar-refractivity contribution in [1.82, 2.24) is 15.5 Å². The molecule has 1 fully saturated rings. The number of amides is 2. The number of nitrogens with one attached hydrogen (secondary N) is 3. The Kier molecular flexibility index (Phi) is 8.00. The molecule has 7 nitrogen and oxygen atoms in total. The zero-order chi connectivity index (χ0) is 26.6. The summed E-state index contributed by atoms with van der Waals surface area (Å²) in [5, 5.41) is 13.3. The fourth-order valence-electron chi connectivity index (χ4n) is 4.83. The Morgan fingerprint density at radius 1 is 1.03 bits per heavy atom. The van der Waals surface area contributed by atoms with Crippen LogP contribution in [-0.4, -0.2) is 35.7 Å². The number of benzene rings is 2. The number of rotatable bonds is 7. The molecule has 0 saturated heterocycles. The van der Waals surface area contributed by atoms with E-state index in [4.69, 9.17) is 4.74 Å². The fourth-order valence-corrected chi connectivity index (χ4v) is 4.83. The van der Waals surface area contributed by atoms with Crippen molar-refractivity contribution in [1.29, 1.82) is 0 Å². The molecule has 1 aliphatic rings. The number of carbonyl (C=O) groups is 2. The van der Waals surface area contributed by atoms with Crippen molar-refractivity contribution in [2.45, 2.75) is 65.2 Å². The Labute approximate surface area is 219 Å². The van der Waals surface area contributed by atoms with Crippen molar-refractivity contribution < 1.29 is 14.3 Å². The smallest absolute Gasteiger partial charge is 0.269 e. The van der Waals surface area contributed by atoms with Gasteiger partial charge in [0.1, 0.15) is 11.4 Å². The first-order valence-corrected chi connectivity index (χ1v) is 13.1. The summed E-state index contributed by atoms with van der Waals surface area (Å²) in [5.41, 5.74) is 5.00. The predicted molar refractivity (Wildman–Crippen MR) is 147 cm³/mol. The molecule has 3 aromatic rings. The maximum atomic E-state index is 13.2. The van der Waals surface area contributed by atoms with E-state index in [-0.39, 0.29) is 17.2 Å². The van der Waals surface area contributed by atoms with Crippen LogP contribution in [-0.2, 0) is 5.41 Å². The van der Waals surface area contributed by atoms with Gasteiger partial charge in [0.15, 0.2) is 0 Å². The van der Waals surface area contributed by atoms with Gasteiger partial charge in [-0.1, -0.05) is 52.2 Å². The van der Waals surface area contributed by atoms with Gasteiger partial charge < -0.3 is 15.4 Å². The van der Waals surface area contributed by atoms with Crippen LogP contribution < -0.4 is 15.4 Å². The zero-order valence-electron chi connectivity index (χ0n) is 22.5. The number of methoxy groups -OCH3 is 1. The Hall–Kier alpha value is -3.61. The number of anilines is 1. The van der Waals surface area contributed by atoms with Gasteiger partial charge >= 0.3 is 0 Å². The van der Waals surface area contributed by atoms with Crippen LogP contribution >= 0.6 is 0 Å². The van der Waals surface area contributed by atoms with Crippen molar-refractivity contribution in [3.8, 4) is 17.0 Å². The first-order valence-electron chi connectivity index (χ1n) is 13.1. The minimum Gasteiger partial charge on any atom is -0.496 e. The molecule has 7 heteroatoms. The van der Waals surface area contributed by atoms with E-state index >= 15 is 0 Å². The molecular weight excluding hydrogens is 464 g/mol. The monoisotopic (exact) mass is 502 g/mol. The molecule has 0 atom stereocenters. The molecule has 1 aromatic heterocycles. The van der Waals surface area contributed by atoms with E-state index in [2.05, 4.69) is 41.6 Å². The van der Waals surface area contributed by atoms with Gasteiger partial charge in [-0.15, -0.1) is 0 Å². The van der Waals surface area contributed by atoms with Gasteiger partial charge in [0, 0.05) is 17.8 Å². The lowest BCUT2D eigenvalue weighted by atomic mass is 9.86. The third kappa shape index (κ3) is 6.40. The highest BCUT2D eigenvalue weighted by molar-refractivity contribution is 6.06. The molecule has 0 unspecified atom stereocenters. The van der Waals surface area contributed by atoms with Crippen LogP contribution in [0.15, 0.2) is 42.5 Å². The average molecular weight is 503 g/mol. The molecule has 37 heavy (non-hydrogen) atoms. The van der Waals surface area contributed by atoms with Gasteiger partial charge in [-0.25, -0.2) is 0 Å². The minimum atomic E-state index is -0.248. The number of nitrogens with zero attached hydrogens (tertiary/aromatic N) is 1. The molecule has 0 aliphatic heterocycles. The molecule has 0 spiro atoms. The van der Waals surface area contributed by atoms with E-state index in [9.17, 15) is 9.59 Å². The second kappa shape index (κ2) is 11.2. The maximum absolute atomic E-state index is 13.2. The molecule has 1 saturated carbocycles. The summed E-state index contributed by atoms with van der Waals surface area (Å²) in [6.45, 7) is 9.01. The summed E-state index contributed by atoms with van der Waals surface area (Å²) in [7, 11) is 1.56. The Morgan fingerprint density at radius 3 is 2.49 bits per heavy atom. The number of carbonyl (C=O) groups excluding carboxylic acids is 2. The SMILES string of the molecule is COc1ccc(C(C)(C)C)cc1C(=O)Nc1ccc(C)c(-c2cc(C(=O)NCC3CCCCC3)[nH]n2)c1. The molecule has 4 rings (SSSR count). The number of aromatic nitrogens is 2. The summed E-state index contributed by atoms with van der Waals surface area (Å²) in [6.07, 6.45) is 6.15. The highest BCUT2D eigenvalue weighted by Gasteiger charge is 2.21. The predicted octanol–water partition coefficient (Wildman–Crippen LogP) is 6.25. The fraction of sp³-hybridized carbons (Fsp3) is 0.433. The van der Waals surface area contributed by atoms with Crippen molar-refractivity contribution in [2.75, 3.05) is 19.0 Å². The molecule has 3 N–H and O–H groups in total. The third-order valence-corrected chi connectivity index (χ3v) is 7.18. The van der Waals surface area contributed by atoms with Crippen LogP contribution in [0, 0.1) is 12.8 Å². The van der Waals surface area contributed by atoms with Crippen molar-refractivity contribution in [2.24, 2.45) is 5.92 Å². The molecule has 0 bridgehead atoms. The third-order valence-electron chi connectivity index (χ3n) is 7.18. The highest BCUT2D eigenvalue weighted by Crippen LogP contribution is 2.30. The lowest BCUT2D eigenvalue weighted by Crippen LogP contribution is -2.30. The summed E-state index contributed by atoms with van der Waals surface area (Å²) in [6, 6.07) is 13.1. The number of ether oxygens (including phenoxy) is 1. The Balaban J connectivity index is 1.49. The van der Waals surface area contributed by atoms with E-state index in [0.29, 0.717) is 40.9 Å². The van der Waals surface area contributed by atoms with E-state index in [0.717, 1.165) is 16.7 Å². The van der Waals surface area contributed by atoms with Crippen LogP contribution in [0.1, 0.15) is 84.8 Å². The summed E-state index contributed by atoms with van der Waals surface area (Å²) >= 11 is 0. The van der Waals surface area contributed by atoms with Crippen molar-refractivity contribution in [3.63, 3.8) is 0 Å². The normalized spacial score (nSPS) is 14.3. The second-order valence-electron chi connectivity index (χ2n) is 11.0. The minimum absolute atomic E-state index is 0.0985. The van der Waals surface area contributed by atoms with Gasteiger partial charge in [-0.2, -0.15) is 5.10 Å². The van der Waals surface area contributed by atoms with Crippen molar-refractivity contribution >= 4 is 17.5 Å². The van der Waals surface area contributed by atoms with Gasteiger partial charge in [-0.05, 0) is 72.6 Å². The maximum Gasteiger partial charge on any atom is 0.269 e. The number of H-pyrrole nitrogens is 1. The van der Waals surface area contributed by atoms with E-state index in [1.54, 1.807) is 13.2 Å². The summed E-state index contributed by atoms with van der Waals surface area (Å²) in [5.74, 6) is 0.694. The zero-order valence-corrected chi connectivity index (χ0v) is 22.5. The molecular formula is C30H38N4O3. The van der Waals surface area contributed by atoms with Crippen LogP contribution in [0.5, 0.6) is 5.75 Å². The molecule has 2 aromatic carbocycles. The number of aromatic amines is 1. The lowest BCUT2D eigenvalue weighted by molar-refractivity contribution is 0.0937. The highest BCUT2D eigenvalue weighted by atomic mass is 16.5. The van der Waals surface area contributed by atoms with Crippen LogP contribution in [0.25, 0.3) is 11.3 Å². The van der Waals surface area contributed by atoms with Crippen LogP contribution in [0.2, 0.25) is 0 Å². The average Bonchev–Trinajstić information content (AvgIpc) is 3.38. The molecule has 1 heterocycles. The Bertz CT molecular complexity index is 1270. The molecule has 0 radical (unpaired) electrons. The van der Waals surface area contributed by atoms with Gasteiger partial charge in [0.25, 0.3) is 11.8 Å². The van der Waals surface area contributed by atoms with E-state index in [1.165, 1.54) is 32.1 Å². The second-order valence-corrected chi connectivity index (χ2v) is 11.0. The molecule has 196 valence electrons. The number of hydrogen-bond donors (Lipinski definition) is 3. The number of hydrogen-bond acceptors (Lipinski definition) is 4. The molecule has 2 amide bonds. The largest absolute Gasteiger partial charge is 0.496 e. The standard InChI is InChI=1S/C30H38N4O3/c1-19-11-13-22(32-28(35)24-15-21(30(2,3)4)12-14-27(24)37-5)16-23(19)25-17-26(34-33-25)29(36)31-18-20-9-7-6-8-10-20/h11-17,20H,6-10,18H2,1-5H3,(H,31,36)(H,32,35)(H,33,34). The van der Waals surface area contributed by atoms with Crippen LogP contribution in [0.4, 0.5) is 5.69 Å². The Morgan fingerprint density at radius 2 is 1.78 bits per heavy atom. The van der Waals surface area contributed by atoms with Gasteiger partial charge in [-0.3, -0.25) is 14.7 Å². The number of aryl methyl sites for hydroxylation is 1. The summed E-state index contributed by atoms with van der Waals surface area (Å²) in [4.78, 5) is 25.9.